The van der Waals surface area contributed by atoms with Crippen molar-refractivity contribution in [2.45, 2.75) is 25.6 Å². The van der Waals surface area contributed by atoms with E-state index < -0.39 is 0 Å². The zero-order valence-electron chi connectivity index (χ0n) is 8.23. The molecule has 0 amide bonds. The highest BCUT2D eigenvalue weighted by atomic mass is 32.2. The van der Waals surface area contributed by atoms with Crippen molar-refractivity contribution in [2.75, 3.05) is 12.3 Å². The minimum Gasteiger partial charge on any atom is -0.330 e. The number of hydrogen-bond donors (Lipinski definition) is 1. The Labute approximate surface area is 83.7 Å². The van der Waals surface area contributed by atoms with E-state index in [-0.39, 0.29) is 0 Å². The van der Waals surface area contributed by atoms with Gasteiger partial charge in [-0.25, -0.2) is 0 Å². The highest BCUT2D eigenvalue weighted by Crippen LogP contribution is 2.11. The van der Waals surface area contributed by atoms with Crippen molar-refractivity contribution in [1.29, 1.82) is 0 Å². The lowest BCUT2D eigenvalue weighted by Crippen LogP contribution is -2.03. The minimum absolute atomic E-state index is 0.452. The fraction of sp³-hybridized carbons (Fsp3) is 0.667. The van der Waals surface area contributed by atoms with E-state index in [1.54, 1.807) is 0 Å². The maximum absolute atomic E-state index is 5.40. The molecule has 0 saturated heterocycles. The van der Waals surface area contributed by atoms with Gasteiger partial charge in [-0.3, -0.25) is 4.68 Å². The number of thioether (sulfide) groups is 1. The van der Waals surface area contributed by atoms with Crippen LogP contribution in [0.15, 0.2) is 12.3 Å². The van der Waals surface area contributed by atoms with E-state index in [0.717, 1.165) is 23.7 Å². The van der Waals surface area contributed by atoms with Gasteiger partial charge in [-0.2, -0.15) is 16.9 Å². The van der Waals surface area contributed by atoms with Gasteiger partial charge in [0.2, 0.25) is 0 Å². The maximum Gasteiger partial charge on any atom is 0.0723 e. The molecule has 0 fully saturated rings. The van der Waals surface area contributed by atoms with Gasteiger partial charge in [-0.05, 0) is 19.9 Å². The lowest BCUT2D eigenvalue weighted by molar-refractivity contribution is 0.529. The van der Waals surface area contributed by atoms with Crippen molar-refractivity contribution in [3.63, 3.8) is 0 Å². The van der Waals surface area contributed by atoms with E-state index in [1.165, 1.54) is 0 Å². The molecule has 1 heterocycles. The molecule has 0 saturated carbocycles. The molecule has 0 aliphatic carbocycles. The molecule has 0 unspecified atom stereocenters. The van der Waals surface area contributed by atoms with E-state index in [4.69, 9.17) is 5.73 Å². The van der Waals surface area contributed by atoms with Crippen LogP contribution in [-0.2, 0) is 5.75 Å². The number of hydrogen-bond acceptors (Lipinski definition) is 3. The molecule has 1 rings (SSSR count). The van der Waals surface area contributed by atoms with E-state index in [1.807, 2.05) is 22.6 Å². The standard InChI is InChI=1S/C9H17N3S/c1-8(2)12-5-3-9(11-12)7-13-6-4-10/h3,5,8H,4,6-7,10H2,1-2H3. The lowest BCUT2D eigenvalue weighted by atomic mass is 10.4. The Hall–Kier alpha value is -0.480. The van der Waals surface area contributed by atoms with Crippen LogP contribution in [0.4, 0.5) is 0 Å². The molecule has 0 aromatic carbocycles. The second kappa shape index (κ2) is 5.29. The summed E-state index contributed by atoms with van der Waals surface area (Å²) < 4.78 is 1.98. The Kier molecular flexibility index (Phi) is 4.32. The van der Waals surface area contributed by atoms with Gasteiger partial charge >= 0.3 is 0 Å². The smallest absolute Gasteiger partial charge is 0.0723 e. The summed E-state index contributed by atoms with van der Waals surface area (Å²) in [5.41, 5.74) is 6.55. The van der Waals surface area contributed by atoms with Crippen molar-refractivity contribution in [1.82, 2.24) is 9.78 Å². The molecule has 0 bridgehead atoms. The molecular formula is C9H17N3S. The monoisotopic (exact) mass is 199 g/mol. The minimum atomic E-state index is 0.452. The van der Waals surface area contributed by atoms with E-state index in [0.29, 0.717) is 6.04 Å². The van der Waals surface area contributed by atoms with Gasteiger partial charge in [-0.15, -0.1) is 0 Å². The molecule has 74 valence electrons. The summed E-state index contributed by atoms with van der Waals surface area (Å²) in [6.07, 6.45) is 2.03. The van der Waals surface area contributed by atoms with Crippen LogP contribution in [0.1, 0.15) is 25.6 Å². The molecule has 1 aromatic heterocycles. The topological polar surface area (TPSA) is 43.8 Å². The molecular weight excluding hydrogens is 182 g/mol. The van der Waals surface area contributed by atoms with Gasteiger partial charge in [0.1, 0.15) is 0 Å². The largest absolute Gasteiger partial charge is 0.330 e. The second-order valence-electron chi connectivity index (χ2n) is 3.22. The third kappa shape index (κ3) is 3.40. The molecule has 0 aliphatic rings. The van der Waals surface area contributed by atoms with Crippen LogP contribution in [0.5, 0.6) is 0 Å². The summed E-state index contributed by atoms with van der Waals surface area (Å²) in [6.45, 7) is 5.00. The highest BCUT2D eigenvalue weighted by Gasteiger charge is 2.01. The first-order valence-electron chi connectivity index (χ1n) is 4.56. The second-order valence-corrected chi connectivity index (χ2v) is 4.33. The van der Waals surface area contributed by atoms with Gasteiger partial charge in [0.15, 0.2) is 0 Å². The summed E-state index contributed by atoms with van der Waals surface area (Å²) in [6, 6.07) is 2.53. The quantitative estimate of drug-likeness (QED) is 0.733. The van der Waals surface area contributed by atoms with E-state index >= 15 is 0 Å². The fourth-order valence-corrected chi connectivity index (χ4v) is 1.68. The summed E-state index contributed by atoms with van der Waals surface area (Å²) in [5, 5.41) is 4.44. The molecule has 3 nitrogen and oxygen atoms in total. The lowest BCUT2D eigenvalue weighted by Gasteiger charge is -2.03. The Morgan fingerprint density at radius 1 is 1.62 bits per heavy atom. The van der Waals surface area contributed by atoms with Crippen molar-refractivity contribution in [3.05, 3.63) is 18.0 Å². The molecule has 1 aromatic rings. The van der Waals surface area contributed by atoms with Crippen molar-refractivity contribution in [3.8, 4) is 0 Å². The van der Waals surface area contributed by atoms with Crippen molar-refractivity contribution < 1.29 is 0 Å². The van der Waals surface area contributed by atoms with Crippen LogP contribution in [0, 0.1) is 0 Å². The molecule has 4 heteroatoms. The maximum atomic E-state index is 5.40. The number of nitrogens with zero attached hydrogens (tertiary/aromatic N) is 2. The molecule has 0 atom stereocenters. The summed E-state index contributed by atoms with van der Waals surface area (Å²) >= 11 is 1.83. The number of nitrogens with two attached hydrogens (primary N) is 1. The van der Waals surface area contributed by atoms with Crippen LogP contribution < -0.4 is 5.73 Å². The third-order valence-electron chi connectivity index (χ3n) is 1.70. The van der Waals surface area contributed by atoms with Crippen LogP contribution >= 0.6 is 11.8 Å². The molecule has 0 radical (unpaired) electrons. The van der Waals surface area contributed by atoms with Crippen LogP contribution in [0.25, 0.3) is 0 Å². The first-order valence-corrected chi connectivity index (χ1v) is 5.71. The Balaban J connectivity index is 2.40. The van der Waals surface area contributed by atoms with Crippen LogP contribution in [0.3, 0.4) is 0 Å². The third-order valence-corrected chi connectivity index (χ3v) is 2.73. The van der Waals surface area contributed by atoms with Crippen molar-refractivity contribution in [2.24, 2.45) is 5.73 Å². The average molecular weight is 199 g/mol. The summed E-state index contributed by atoms with van der Waals surface area (Å²) in [5.74, 6) is 1.98. The SMILES string of the molecule is CC(C)n1ccc(CSCCN)n1. The zero-order valence-corrected chi connectivity index (χ0v) is 9.05. The Morgan fingerprint density at radius 2 is 2.38 bits per heavy atom. The van der Waals surface area contributed by atoms with Gasteiger partial charge < -0.3 is 5.73 Å². The van der Waals surface area contributed by atoms with Gasteiger partial charge in [0.25, 0.3) is 0 Å². The first kappa shape index (κ1) is 10.6. The van der Waals surface area contributed by atoms with Gasteiger partial charge in [0.05, 0.1) is 5.69 Å². The molecule has 2 N–H and O–H groups in total. The normalized spacial score (nSPS) is 11.1. The number of aromatic nitrogens is 2. The predicted octanol–water partition coefficient (Wildman–Crippen LogP) is 1.66. The van der Waals surface area contributed by atoms with Crippen molar-refractivity contribution >= 4 is 11.8 Å². The average Bonchev–Trinajstić information content (AvgIpc) is 2.53. The predicted molar refractivity (Wildman–Crippen MR) is 57.8 cm³/mol. The Morgan fingerprint density at radius 3 is 2.92 bits per heavy atom. The van der Waals surface area contributed by atoms with E-state index in [2.05, 4.69) is 25.0 Å². The van der Waals surface area contributed by atoms with E-state index in [9.17, 15) is 0 Å². The molecule has 0 aliphatic heterocycles. The first-order chi connectivity index (χ1) is 6.24. The van der Waals surface area contributed by atoms with Gasteiger partial charge in [0, 0.05) is 30.3 Å². The summed E-state index contributed by atoms with van der Waals surface area (Å²) in [4.78, 5) is 0. The van der Waals surface area contributed by atoms with Crippen LogP contribution in [-0.4, -0.2) is 22.1 Å². The van der Waals surface area contributed by atoms with Gasteiger partial charge in [-0.1, -0.05) is 0 Å². The Bertz CT molecular complexity index is 245. The number of rotatable bonds is 5. The highest BCUT2D eigenvalue weighted by molar-refractivity contribution is 7.98. The zero-order chi connectivity index (χ0) is 9.68. The summed E-state index contributed by atoms with van der Waals surface area (Å²) in [7, 11) is 0. The molecule has 0 spiro atoms. The molecule has 13 heavy (non-hydrogen) atoms. The van der Waals surface area contributed by atoms with Crippen LogP contribution in [0.2, 0.25) is 0 Å². The fourth-order valence-electron chi connectivity index (χ4n) is 1.00.